The van der Waals surface area contributed by atoms with E-state index in [1.807, 2.05) is 13.8 Å². The molecular formula is C15H28N2O5. The first-order valence-electron chi connectivity index (χ1n) is 7.68. The van der Waals surface area contributed by atoms with Crippen molar-refractivity contribution in [3.63, 3.8) is 0 Å². The van der Waals surface area contributed by atoms with Gasteiger partial charge in [-0.3, -0.25) is 4.79 Å². The maximum absolute atomic E-state index is 12.3. The quantitative estimate of drug-likeness (QED) is 0.707. The lowest BCUT2D eigenvalue weighted by Crippen LogP contribution is -2.52. The van der Waals surface area contributed by atoms with Crippen molar-refractivity contribution >= 4 is 12.0 Å². The molecule has 2 amide bonds. The minimum Gasteiger partial charge on any atom is -0.444 e. The molecule has 0 spiro atoms. The number of aliphatic hydroxyl groups excluding tert-OH is 1. The van der Waals surface area contributed by atoms with Crippen molar-refractivity contribution in [1.29, 1.82) is 0 Å². The third-order valence-corrected chi connectivity index (χ3v) is 3.10. The molecule has 0 aliphatic carbocycles. The second kappa shape index (κ2) is 7.78. The van der Waals surface area contributed by atoms with E-state index < -0.39 is 30.1 Å². The van der Waals surface area contributed by atoms with Gasteiger partial charge in [-0.15, -0.1) is 0 Å². The molecule has 7 heteroatoms. The molecule has 0 radical (unpaired) electrons. The zero-order chi connectivity index (χ0) is 16.9. The van der Waals surface area contributed by atoms with E-state index in [1.165, 1.54) is 0 Å². The summed E-state index contributed by atoms with van der Waals surface area (Å²) in [6, 6.07) is -1.15. The molecule has 3 atom stereocenters. The van der Waals surface area contributed by atoms with Gasteiger partial charge < -0.3 is 25.2 Å². The second-order valence-corrected chi connectivity index (χ2v) is 6.99. The Kier molecular flexibility index (Phi) is 6.62. The van der Waals surface area contributed by atoms with Gasteiger partial charge in [0.2, 0.25) is 5.91 Å². The number of rotatable bonds is 5. The van der Waals surface area contributed by atoms with Crippen LogP contribution in [0.4, 0.5) is 4.79 Å². The zero-order valence-corrected chi connectivity index (χ0v) is 14.0. The van der Waals surface area contributed by atoms with Crippen LogP contribution in [0.25, 0.3) is 0 Å². The number of carbonyl (C=O) groups is 2. The Morgan fingerprint density at radius 3 is 2.45 bits per heavy atom. The molecule has 3 N–H and O–H groups in total. The van der Waals surface area contributed by atoms with Crippen LogP contribution in [0.15, 0.2) is 0 Å². The van der Waals surface area contributed by atoms with Gasteiger partial charge in [0, 0.05) is 0 Å². The van der Waals surface area contributed by atoms with E-state index in [9.17, 15) is 14.7 Å². The summed E-state index contributed by atoms with van der Waals surface area (Å²) in [4.78, 5) is 24.2. The van der Waals surface area contributed by atoms with Gasteiger partial charge in [-0.1, -0.05) is 13.8 Å². The van der Waals surface area contributed by atoms with E-state index in [-0.39, 0.29) is 11.8 Å². The fourth-order valence-electron chi connectivity index (χ4n) is 2.15. The summed E-state index contributed by atoms with van der Waals surface area (Å²) < 4.78 is 10.2. The Morgan fingerprint density at radius 2 is 2.00 bits per heavy atom. The van der Waals surface area contributed by atoms with Gasteiger partial charge >= 0.3 is 6.09 Å². The summed E-state index contributed by atoms with van der Waals surface area (Å²) in [7, 11) is 0. The summed E-state index contributed by atoms with van der Waals surface area (Å²) in [6.07, 6.45) is -0.593. The van der Waals surface area contributed by atoms with E-state index in [0.717, 1.165) is 0 Å². The van der Waals surface area contributed by atoms with Crippen LogP contribution in [-0.4, -0.2) is 47.7 Å². The Labute approximate surface area is 131 Å². The molecule has 1 rings (SSSR count). The van der Waals surface area contributed by atoms with Gasteiger partial charge in [-0.2, -0.15) is 0 Å². The zero-order valence-electron chi connectivity index (χ0n) is 14.0. The predicted octanol–water partition coefficient (Wildman–Crippen LogP) is 1.15. The number of ether oxygens (including phenoxy) is 2. The normalized spacial score (nSPS) is 23.2. The van der Waals surface area contributed by atoms with Gasteiger partial charge in [0.1, 0.15) is 11.6 Å². The highest BCUT2D eigenvalue weighted by molar-refractivity contribution is 5.85. The maximum Gasteiger partial charge on any atom is 0.408 e. The van der Waals surface area contributed by atoms with Gasteiger partial charge in [0.25, 0.3) is 0 Å². The number of hydrogen-bond donors (Lipinski definition) is 3. The highest BCUT2D eigenvalue weighted by Gasteiger charge is 2.31. The summed E-state index contributed by atoms with van der Waals surface area (Å²) in [5, 5.41) is 14.9. The summed E-state index contributed by atoms with van der Waals surface area (Å²) in [5.41, 5.74) is -0.627. The van der Waals surface area contributed by atoms with E-state index >= 15 is 0 Å². The van der Waals surface area contributed by atoms with Crippen LogP contribution in [-0.2, 0) is 14.3 Å². The van der Waals surface area contributed by atoms with Crippen LogP contribution in [0.1, 0.15) is 47.5 Å². The van der Waals surface area contributed by atoms with Crippen LogP contribution in [0.5, 0.6) is 0 Å². The SMILES string of the molecule is CC(C)CC(NC(=O)OC(C)(C)C)C(=O)N[C@H]1CCOC1O. The molecular weight excluding hydrogens is 288 g/mol. The fraction of sp³-hybridized carbons (Fsp3) is 0.867. The molecule has 0 bridgehead atoms. The highest BCUT2D eigenvalue weighted by atomic mass is 16.6. The van der Waals surface area contributed by atoms with Crippen LogP contribution >= 0.6 is 0 Å². The Hall–Kier alpha value is -1.34. The largest absolute Gasteiger partial charge is 0.444 e. The van der Waals surface area contributed by atoms with Gasteiger partial charge in [-0.05, 0) is 39.5 Å². The lowest BCUT2D eigenvalue weighted by molar-refractivity contribution is -0.127. The van der Waals surface area contributed by atoms with Crippen LogP contribution in [0.3, 0.4) is 0 Å². The van der Waals surface area contributed by atoms with Crippen molar-refractivity contribution in [2.45, 2.75) is 71.4 Å². The van der Waals surface area contributed by atoms with Gasteiger partial charge in [0.15, 0.2) is 6.29 Å². The Morgan fingerprint density at radius 1 is 1.36 bits per heavy atom. The van der Waals surface area contributed by atoms with E-state index in [4.69, 9.17) is 9.47 Å². The van der Waals surface area contributed by atoms with E-state index in [2.05, 4.69) is 10.6 Å². The van der Waals surface area contributed by atoms with Crippen molar-refractivity contribution < 1.29 is 24.2 Å². The molecule has 0 saturated carbocycles. The van der Waals surface area contributed by atoms with Crippen molar-refractivity contribution in [3.8, 4) is 0 Å². The van der Waals surface area contributed by atoms with Crippen LogP contribution in [0.2, 0.25) is 0 Å². The van der Waals surface area contributed by atoms with Crippen molar-refractivity contribution in [2.24, 2.45) is 5.92 Å². The average molecular weight is 316 g/mol. The summed E-state index contributed by atoms with van der Waals surface area (Å²) in [6.45, 7) is 9.61. The Bertz CT molecular complexity index is 392. The minimum atomic E-state index is -0.995. The highest BCUT2D eigenvalue weighted by Crippen LogP contribution is 2.13. The van der Waals surface area contributed by atoms with E-state index in [0.29, 0.717) is 19.4 Å². The first-order valence-corrected chi connectivity index (χ1v) is 7.68. The molecule has 0 aromatic heterocycles. The first kappa shape index (κ1) is 18.7. The van der Waals surface area contributed by atoms with Crippen LogP contribution in [0, 0.1) is 5.92 Å². The third kappa shape index (κ3) is 6.62. The molecule has 7 nitrogen and oxygen atoms in total. The number of aliphatic hydroxyl groups is 1. The van der Waals surface area contributed by atoms with Crippen molar-refractivity contribution in [3.05, 3.63) is 0 Å². The molecule has 1 aliphatic heterocycles. The lowest BCUT2D eigenvalue weighted by Gasteiger charge is -2.25. The monoisotopic (exact) mass is 316 g/mol. The summed E-state index contributed by atoms with van der Waals surface area (Å²) >= 11 is 0. The molecule has 22 heavy (non-hydrogen) atoms. The number of carbonyl (C=O) groups excluding carboxylic acids is 2. The predicted molar refractivity (Wildman–Crippen MR) is 81.1 cm³/mol. The fourth-order valence-corrected chi connectivity index (χ4v) is 2.15. The third-order valence-electron chi connectivity index (χ3n) is 3.10. The standard InChI is InChI=1S/C15H28N2O5/c1-9(2)8-11(17-14(20)22-15(3,4)5)12(18)16-10-6-7-21-13(10)19/h9-11,13,19H,6-8H2,1-5H3,(H,16,18)(H,17,20)/t10-,11?,13?/m0/s1. The lowest BCUT2D eigenvalue weighted by atomic mass is 10.0. The number of nitrogens with one attached hydrogen (secondary N) is 2. The second-order valence-electron chi connectivity index (χ2n) is 6.99. The van der Waals surface area contributed by atoms with Gasteiger partial charge in [-0.25, -0.2) is 4.79 Å². The van der Waals surface area contributed by atoms with Crippen LogP contribution < -0.4 is 10.6 Å². The maximum atomic E-state index is 12.3. The smallest absolute Gasteiger partial charge is 0.408 e. The molecule has 2 unspecified atom stereocenters. The Balaban J connectivity index is 2.62. The molecule has 0 aromatic carbocycles. The average Bonchev–Trinajstić information content (AvgIpc) is 2.71. The number of hydrogen-bond acceptors (Lipinski definition) is 5. The molecule has 1 fully saturated rings. The molecule has 1 heterocycles. The molecule has 1 aliphatic rings. The molecule has 1 saturated heterocycles. The minimum absolute atomic E-state index is 0.218. The van der Waals surface area contributed by atoms with E-state index in [1.54, 1.807) is 20.8 Å². The van der Waals surface area contributed by atoms with Gasteiger partial charge in [0.05, 0.1) is 12.6 Å². The van der Waals surface area contributed by atoms with Crippen molar-refractivity contribution in [1.82, 2.24) is 10.6 Å². The summed E-state index contributed by atoms with van der Waals surface area (Å²) in [5.74, 6) is -0.121. The number of amides is 2. The van der Waals surface area contributed by atoms with Crippen molar-refractivity contribution in [2.75, 3.05) is 6.61 Å². The molecule has 128 valence electrons. The topological polar surface area (TPSA) is 96.9 Å². The number of alkyl carbamates (subject to hydrolysis) is 1. The molecule has 0 aromatic rings. The first-order chi connectivity index (χ1) is 10.1.